The predicted octanol–water partition coefficient (Wildman–Crippen LogP) is 6.55. The Morgan fingerprint density at radius 3 is 2.52 bits per heavy atom. The average Bonchev–Trinajstić information content (AvgIpc) is 3.15. The summed E-state index contributed by atoms with van der Waals surface area (Å²) in [6.45, 7) is 7.03. The van der Waals surface area contributed by atoms with E-state index in [4.69, 9.17) is 11.6 Å². The number of rotatable bonds is 7. The van der Waals surface area contributed by atoms with Crippen molar-refractivity contribution >= 4 is 23.3 Å². The Balaban J connectivity index is 1.81. The maximum Gasteiger partial charge on any atom is 0.322 e. The van der Waals surface area contributed by atoms with Crippen molar-refractivity contribution in [2.45, 2.75) is 39.9 Å². The number of nitrogens with zero attached hydrogens (tertiary/aromatic N) is 2. The maximum atomic E-state index is 13.6. The van der Waals surface area contributed by atoms with Crippen molar-refractivity contribution in [3.63, 3.8) is 0 Å². The van der Waals surface area contributed by atoms with Crippen LogP contribution in [0.25, 0.3) is 0 Å². The van der Waals surface area contributed by atoms with Crippen molar-refractivity contribution in [3.05, 3.63) is 88.7 Å². The molecular weight excluding hydrogens is 420 g/mol. The summed E-state index contributed by atoms with van der Waals surface area (Å²) >= 11 is 6.10. The Labute approximate surface area is 186 Å². The van der Waals surface area contributed by atoms with E-state index in [1.54, 1.807) is 4.90 Å². The SMILES string of the molecule is CC(C)C(C)N(Cc1cccn1Cc1cccc(Cl)c1)C(=O)Nc1ccc(F)c(F)c1. The molecule has 164 valence electrons. The third kappa shape index (κ3) is 5.85. The molecule has 0 aliphatic heterocycles. The molecule has 0 spiro atoms. The molecule has 3 aromatic rings. The van der Waals surface area contributed by atoms with E-state index >= 15 is 0 Å². The molecule has 0 saturated carbocycles. The lowest BCUT2D eigenvalue weighted by atomic mass is 10.0. The van der Waals surface area contributed by atoms with Crippen molar-refractivity contribution in [2.75, 3.05) is 5.32 Å². The van der Waals surface area contributed by atoms with E-state index in [1.165, 1.54) is 6.07 Å². The topological polar surface area (TPSA) is 37.3 Å². The number of halogens is 3. The molecule has 4 nitrogen and oxygen atoms in total. The van der Waals surface area contributed by atoms with Crippen LogP contribution in [0, 0.1) is 17.6 Å². The summed E-state index contributed by atoms with van der Waals surface area (Å²) in [5.41, 5.74) is 2.21. The number of carbonyl (C=O) groups is 1. The number of aromatic nitrogens is 1. The first kappa shape index (κ1) is 22.8. The molecule has 1 heterocycles. The molecular formula is C24H26ClF2N3O. The summed E-state index contributed by atoms with van der Waals surface area (Å²) in [6, 6.07) is 14.4. The minimum absolute atomic E-state index is 0.0835. The second-order valence-electron chi connectivity index (χ2n) is 7.93. The quantitative estimate of drug-likeness (QED) is 0.440. The fourth-order valence-corrected chi connectivity index (χ4v) is 3.50. The fraction of sp³-hybridized carbons (Fsp3) is 0.292. The lowest BCUT2D eigenvalue weighted by Crippen LogP contribution is -2.43. The van der Waals surface area contributed by atoms with Gasteiger partial charge in [0, 0.05) is 41.3 Å². The van der Waals surface area contributed by atoms with E-state index in [1.807, 2.05) is 63.4 Å². The molecule has 0 aliphatic rings. The first-order valence-corrected chi connectivity index (χ1v) is 10.5. The van der Waals surface area contributed by atoms with Gasteiger partial charge in [-0.3, -0.25) is 0 Å². The monoisotopic (exact) mass is 445 g/mol. The highest BCUT2D eigenvalue weighted by Crippen LogP contribution is 2.20. The number of urea groups is 1. The third-order valence-electron chi connectivity index (χ3n) is 5.39. The molecule has 1 N–H and O–H groups in total. The minimum atomic E-state index is -1.00. The van der Waals surface area contributed by atoms with Crippen LogP contribution >= 0.6 is 11.6 Å². The number of hydrogen-bond acceptors (Lipinski definition) is 1. The van der Waals surface area contributed by atoms with Crippen LogP contribution in [-0.4, -0.2) is 21.5 Å². The summed E-state index contributed by atoms with van der Waals surface area (Å²) in [5, 5.41) is 3.36. The number of benzene rings is 2. The molecule has 2 amide bonds. The zero-order chi connectivity index (χ0) is 22.5. The van der Waals surface area contributed by atoms with E-state index in [0.29, 0.717) is 18.1 Å². The lowest BCUT2D eigenvalue weighted by molar-refractivity contribution is 0.168. The van der Waals surface area contributed by atoms with E-state index < -0.39 is 11.6 Å². The standard InChI is InChI=1S/C24H26ClF2N3O/c1-16(2)17(3)30(24(31)28-20-9-10-22(26)23(27)13-20)15-21-8-5-11-29(21)14-18-6-4-7-19(25)12-18/h4-13,16-17H,14-15H2,1-3H3,(H,28,31). The molecule has 0 saturated heterocycles. The number of anilines is 1. The van der Waals surface area contributed by atoms with Crippen LogP contribution in [0.3, 0.4) is 0 Å². The summed E-state index contributed by atoms with van der Waals surface area (Å²) in [5.74, 6) is -1.76. The van der Waals surface area contributed by atoms with Gasteiger partial charge < -0.3 is 14.8 Å². The minimum Gasteiger partial charge on any atom is -0.345 e. The Morgan fingerprint density at radius 1 is 1.06 bits per heavy atom. The van der Waals surface area contributed by atoms with Crippen LogP contribution in [0.5, 0.6) is 0 Å². The highest BCUT2D eigenvalue weighted by atomic mass is 35.5. The smallest absolute Gasteiger partial charge is 0.322 e. The molecule has 7 heteroatoms. The molecule has 1 unspecified atom stereocenters. The fourth-order valence-electron chi connectivity index (χ4n) is 3.28. The van der Waals surface area contributed by atoms with Crippen LogP contribution in [0.2, 0.25) is 5.02 Å². The van der Waals surface area contributed by atoms with Gasteiger partial charge in [-0.1, -0.05) is 37.6 Å². The Morgan fingerprint density at radius 2 is 1.84 bits per heavy atom. The molecule has 0 radical (unpaired) electrons. The van der Waals surface area contributed by atoms with Crippen LogP contribution in [0.1, 0.15) is 32.0 Å². The highest BCUT2D eigenvalue weighted by Gasteiger charge is 2.24. The molecule has 0 aliphatic carbocycles. The van der Waals surface area contributed by atoms with Crippen molar-refractivity contribution in [1.82, 2.24) is 9.47 Å². The van der Waals surface area contributed by atoms with Crippen molar-refractivity contribution in [3.8, 4) is 0 Å². The summed E-state index contributed by atoms with van der Waals surface area (Å²) in [7, 11) is 0. The molecule has 0 fully saturated rings. The molecule has 1 aromatic heterocycles. The maximum absolute atomic E-state index is 13.6. The van der Waals surface area contributed by atoms with Gasteiger partial charge in [0.2, 0.25) is 0 Å². The summed E-state index contributed by atoms with van der Waals surface area (Å²) in [6.07, 6.45) is 1.96. The average molecular weight is 446 g/mol. The van der Waals surface area contributed by atoms with Gasteiger partial charge in [0.05, 0.1) is 6.54 Å². The first-order valence-electron chi connectivity index (χ1n) is 10.2. The first-order chi connectivity index (χ1) is 14.7. The molecule has 0 bridgehead atoms. The van der Waals surface area contributed by atoms with Crippen LogP contribution in [0.15, 0.2) is 60.8 Å². The second kappa shape index (κ2) is 9.96. The number of amides is 2. The molecule has 3 rings (SSSR count). The zero-order valence-electron chi connectivity index (χ0n) is 17.8. The van der Waals surface area contributed by atoms with Gasteiger partial charge in [0.1, 0.15) is 0 Å². The van der Waals surface area contributed by atoms with Gasteiger partial charge in [-0.05, 0) is 54.8 Å². The molecule has 2 aromatic carbocycles. The predicted molar refractivity (Wildman–Crippen MR) is 120 cm³/mol. The van der Waals surface area contributed by atoms with Gasteiger partial charge in [-0.25, -0.2) is 13.6 Å². The largest absolute Gasteiger partial charge is 0.345 e. The van der Waals surface area contributed by atoms with Crippen LogP contribution < -0.4 is 5.32 Å². The second-order valence-corrected chi connectivity index (χ2v) is 8.37. The van der Waals surface area contributed by atoms with E-state index in [2.05, 4.69) is 9.88 Å². The van der Waals surface area contributed by atoms with Crippen molar-refractivity contribution in [2.24, 2.45) is 5.92 Å². The van der Waals surface area contributed by atoms with E-state index in [9.17, 15) is 13.6 Å². The van der Waals surface area contributed by atoms with Gasteiger partial charge in [-0.15, -0.1) is 0 Å². The highest BCUT2D eigenvalue weighted by molar-refractivity contribution is 6.30. The molecule has 31 heavy (non-hydrogen) atoms. The normalized spacial score (nSPS) is 12.1. The Hall–Kier alpha value is -2.86. The zero-order valence-corrected chi connectivity index (χ0v) is 18.5. The summed E-state index contributed by atoms with van der Waals surface area (Å²) < 4.78 is 28.8. The summed E-state index contributed by atoms with van der Waals surface area (Å²) in [4.78, 5) is 14.8. The van der Waals surface area contributed by atoms with Gasteiger partial charge in [0.15, 0.2) is 11.6 Å². The Kier molecular flexibility index (Phi) is 7.33. The molecule has 1 atom stereocenters. The van der Waals surface area contributed by atoms with Crippen LogP contribution in [-0.2, 0) is 13.1 Å². The van der Waals surface area contributed by atoms with Crippen LogP contribution in [0.4, 0.5) is 19.3 Å². The van der Waals surface area contributed by atoms with E-state index in [-0.39, 0.29) is 23.7 Å². The van der Waals surface area contributed by atoms with Gasteiger partial charge >= 0.3 is 6.03 Å². The van der Waals surface area contributed by atoms with Crippen molar-refractivity contribution < 1.29 is 13.6 Å². The Bertz CT molecular complexity index is 1050. The van der Waals surface area contributed by atoms with Gasteiger partial charge in [-0.2, -0.15) is 0 Å². The van der Waals surface area contributed by atoms with Crippen molar-refractivity contribution in [1.29, 1.82) is 0 Å². The van der Waals surface area contributed by atoms with Gasteiger partial charge in [0.25, 0.3) is 0 Å². The number of hydrogen-bond donors (Lipinski definition) is 1. The lowest BCUT2D eigenvalue weighted by Gasteiger charge is -2.32. The number of carbonyl (C=O) groups excluding carboxylic acids is 1. The van der Waals surface area contributed by atoms with E-state index in [0.717, 1.165) is 23.4 Å². The number of nitrogens with one attached hydrogen (secondary N) is 1. The third-order valence-corrected chi connectivity index (χ3v) is 5.62.